The van der Waals surface area contributed by atoms with E-state index in [1.165, 1.54) is 0 Å². The smallest absolute Gasteiger partial charge is 0.213 e. The number of sulfonamides is 1. The van der Waals surface area contributed by atoms with Crippen LogP contribution in [0, 0.1) is 0 Å². The molecule has 0 unspecified atom stereocenters. The van der Waals surface area contributed by atoms with Gasteiger partial charge in [-0.1, -0.05) is 0 Å². The summed E-state index contributed by atoms with van der Waals surface area (Å²) in [5.74, 6) is 0.145. The molecule has 3 heterocycles. The average molecular weight is 323 g/mol. The van der Waals surface area contributed by atoms with Crippen LogP contribution in [-0.4, -0.2) is 41.5 Å². The fraction of sp³-hybridized carbons (Fsp3) is 0.429. The molecule has 0 bridgehead atoms. The van der Waals surface area contributed by atoms with Crippen LogP contribution in [-0.2, 0) is 22.9 Å². The Labute approximate surface area is 128 Å². The fourth-order valence-electron chi connectivity index (χ4n) is 2.61. The van der Waals surface area contributed by atoms with Crippen LogP contribution >= 0.6 is 11.3 Å². The Morgan fingerprint density at radius 3 is 2.81 bits per heavy atom. The number of nitrogens with zero attached hydrogens (tertiary/aromatic N) is 3. The van der Waals surface area contributed by atoms with Crippen molar-refractivity contribution in [1.29, 1.82) is 0 Å². The van der Waals surface area contributed by atoms with E-state index in [-0.39, 0.29) is 5.75 Å². The largest absolute Gasteiger partial charge is 0.241 e. The Kier molecular flexibility index (Phi) is 4.05. The van der Waals surface area contributed by atoms with E-state index in [1.54, 1.807) is 28.9 Å². The zero-order chi connectivity index (χ0) is 14.9. The standard InChI is InChI=1S/C14H17N3O2S2/c1-2-21(18,19)17-6-3-12-13(4-7-17)15-10-16-14(12)11-5-8-20-9-11/h5,8-10H,2-4,6-7H2,1H3. The highest BCUT2D eigenvalue weighted by Gasteiger charge is 2.25. The van der Waals surface area contributed by atoms with Crippen molar-refractivity contribution in [3.63, 3.8) is 0 Å². The summed E-state index contributed by atoms with van der Waals surface area (Å²) in [5, 5.41) is 4.09. The minimum absolute atomic E-state index is 0.145. The molecule has 0 atom stereocenters. The SMILES string of the molecule is CCS(=O)(=O)N1CCc2ncnc(-c3ccsc3)c2CC1. The predicted molar refractivity (Wildman–Crippen MR) is 83.8 cm³/mol. The van der Waals surface area contributed by atoms with Crippen LogP contribution in [0.3, 0.4) is 0 Å². The summed E-state index contributed by atoms with van der Waals surface area (Å²) in [4.78, 5) is 8.77. The van der Waals surface area contributed by atoms with E-state index in [0.29, 0.717) is 25.9 Å². The zero-order valence-electron chi connectivity index (χ0n) is 11.8. The lowest BCUT2D eigenvalue weighted by atomic mass is 10.0. The summed E-state index contributed by atoms with van der Waals surface area (Å²) in [6, 6.07) is 2.04. The van der Waals surface area contributed by atoms with Gasteiger partial charge in [0, 0.05) is 41.7 Å². The van der Waals surface area contributed by atoms with Crippen LogP contribution in [0.4, 0.5) is 0 Å². The first-order valence-corrected chi connectivity index (χ1v) is 9.50. The summed E-state index contributed by atoms with van der Waals surface area (Å²) < 4.78 is 25.7. The summed E-state index contributed by atoms with van der Waals surface area (Å²) in [6.07, 6.45) is 2.89. The average Bonchev–Trinajstić information content (AvgIpc) is 2.92. The van der Waals surface area contributed by atoms with Crippen LogP contribution in [0.1, 0.15) is 18.2 Å². The van der Waals surface area contributed by atoms with Crippen molar-refractivity contribution in [3.05, 3.63) is 34.4 Å². The van der Waals surface area contributed by atoms with Crippen molar-refractivity contribution in [2.24, 2.45) is 0 Å². The molecule has 7 heteroatoms. The molecule has 0 saturated carbocycles. The van der Waals surface area contributed by atoms with E-state index in [9.17, 15) is 8.42 Å². The molecule has 112 valence electrons. The molecule has 0 aliphatic carbocycles. The Morgan fingerprint density at radius 1 is 1.29 bits per heavy atom. The lowest BCUT2D eigenvalue weighted by molar-refractivity contribution is 0.427. The van der Waals surface area contributed by atoms with E-state index in [0.717, 1.165) is 22.5 Å². The van der Waals surface area contributed by atoms with Crippen molar-refractivity contribution >= 4 is 21.4 Å². The number of hydrogen-bond donors (Lipinski definition) is 0. The maximum absolute atomic E-state index is 12.1. The van der Waals surface area contributed by atoms with Crippen molar-refractivity contribution in [2.45, 2.75) is 19.8 Å². The summed E-state index contributed by atoms with van der Waals surface area (Å²) >= 11 is 1.63. The summed E-state index contributed by atoms with van der Waals surface area (Å²) in [6.45, 7) is 2.70. The van der Waals surface area contributed by atoms with Crippen molar-refractivity contribution in [1.82, 2.24) is 14.3 Å². The first kappa shape index (κ1) is 14.6. The van der Waals surface area contributed by atoms with Crippen molar-refractivity contribution < 1.29 is 8.42 Å². The van der Waals surface area contributed by atoms with Crippen molar-refractivity contribution in [2.75, 3.05) is 18.8 Å². The summed E-state index contributed by atoms with van der Waals surface area (Å²) in [7, 11) is -3.14. The van der Waals surface area contributed by atoms with E-state index in [2.05, 4.69) is 15.3 Å². The van der Waals surface area contributed by atoms with Gasteiger partial charge in [0.1, 0.15) is 6.33 Å². The lowest BCUT2D eigenvalue weighted by Gasteiger charge is -2.18. The number of rotatable bonds is 3. The van der Waals surface area contributed by atoms with Gasteiger partial charge in [0.05, 0.1) is 11.4 Å². The molecule has 0 fully saturated rings. The first-order chi connectivity index (χ1) is 10.1. The topological polar surface area (TPSA) is 63.2 Å². The lowest BCUT2D eigenvalue weighted by Crippen LogP contribution is -2.34. The molecule has 0 amide bonds. The monoisotopic (exact) mass is 323 g/mol. The maximum atomic E-state index is 12.1. The number of fused-ring (bicyclic) bond motifs is 1. The van der Waals surface area contributed by atoms with E-state index < -0.39 is 10.0 Å². The van der Waals surface area contributed by atoms with Crippen LogP contribution < -0.4 is 0 Å². The third kappa shape index (κ3) is 2.86. The third-order valence-corrected chi connectivity index (χ3v) is 6.36. The molecule has 3 rings (SSSR count). The minimum atomic E-state index is -3.14. The second kappa shape index (κ2) is 5.82. The molecule has 1 aliphatic rings. The molecule has 0 spiro atoms. The number of thiophene rings is 1. The Hall–Kier alpha value is -1.31. The molecular weight excluding hydrogens is 306 g/mol. The molecule has 2 aromatic rings. The van der Waals surface area contributed by atoms with E-state index >= 15 is 0 Å². The second-order valence-electron chi connectivity index (χ2n) is 4.96. The number of aromatic nitrogens is 2. The molecule has 5 nitrogen and oxygen atoms in total. The van der Waals surface area contributed by atoms with Gasteiger partial charge >= 0.3 is 0 Å². The first-order valence-electron chi connectivity index (χ1n) is 6.95. The zero-order valence-corrected chi connectivity index (χ0v) is 13.5. The molecule has 21 heavy (non-hydrogen) atoms. The summed E-state index contributed by atoms with van der Waals surface area (Å²) in [5.41, 5.74) is 4.09. The van der Waals surface area contributed by atoms with Gasteiger partial charge in [0.25, 0.3) is 0 Å². The minimum Gasteiger partial charge on any atom is -0.241 e. The van der Waals surface area contributed by atoms with Crippen LogP contribution in [0.25, 0.3) is 11.3 Å². The molecule has 0 aromatic carbocycles. The van der Waals surface area contributed by atoms with Crippen molar-refractivity contribution in [3.8, 4) is 11.3 Å². The van der Waals surface area contributed by atoms with Crippen LogP contribution in [0.15, 0.2) is 23.2 Å². The Morgan fingerprint density at radius 2 is 2.10 bits per heavy atom. The maximum Gasteiger partial charge on any atom is 0.213 e. The fourth-order valence-corrected chi connectivity index (χ4v) is 4.36. The Bertz CT molecular complexity index is 727. The van der Waals surface area contributed by atoms with Gasteiger partial charge in [-0.05, 0) is 24.8 Å². The molecular formula is C14H17N3O2S2. The molecule has 1 aliphatic heterocycles. The van der Waals surface area contributed by atoms with E-state index in [4.69, 9.17) is 0 Å². The van der Waals surface area contributed by atoms with Gasteiger partial charge in [-0.3, -0.25) is 0 Å². The van der Waals surface area contributed by atoms with Gasteiger partial charge in [0.15, 0.2) is 0 Å². The normalized spacial score (nSPS) is 16.4. The molecule has 0 N–H and O–H groups in total. The highest BCUT2D eigenvalue weighted by Crippen LogP contribution is 2.27. The van der Waals surface area contributed by atoms with Gasteiger partial charge in [-0.15, -0.1) is 0 Å². The van der Waals surface area contributed by atoms with Crippen LogP contribution in [0.5, 0.6) is 0 Å². The quantitative estimate of drug-likeness (QED) is 0.866. The van der Waals surface area contributed by atoms with Gasteiger partial charge in [0.2, 0.25) is 10.0 Å². The predicted octanol–water partition coefficient (Wildman–Crippen LogP) is 1.96. The molecule has 0 radical (unpaired) electrons. The highest BCUT2D eigenvalue weighted by molar-refractivity contribution is 7.89. The third-order valence-electron chi connectivity index (χ3n) is 3.80. The highest BCUT2D eigenvalue weighted by atomic mass is 32.2. The molecule has 2 aromatic heterocycles. The molecule has 0 saturated heterocycles. The van der Waals surface area contributed by atoms with Crippen LogP contribution in [0.2, 0.25) is 0 Å². The van der Waals surface area contributed by atoms with E-state index in [1.807, 2.05) is 11.4 Å². The van der Waals surface area contributed by atoms with Gasteiger partial charge < -0.3 is 0 Å². The second-order valence-corrected chi connectivity index (χ2v) is 8.00. The van der Waals surface area contributed by atoms with Gasteiger partial charge in [-0.25, -0.2) is 22.7 Å². The number of hydrogen-bond acceptors (Lipinski definition) is 5. The Balaban J connectivity index is 1.95. The van der Waals surface area contributed by atoms with Gasteiger partial charge in [-0.2, -0.15) is 11.3 Å².